The molecular weight excluding hydrogens is 338 g/mol. The van der Waals surface area contributed by atoms with Crippen molar-refractivity contribution in [1.82, 2.24) is 4.90 Å². The van der Waals surface area contributed by atoms with Crippen LogP contribution in [-0.4, -0.2) is 37.8 Å². The van der Waals surface area contributed by atoms with Gasteiger partial charge in [-0.1, -0.05) is 19.4 Å². The number of fused-ring (bicyclic) bond motifs is 1. The monoisotopic (exact) mass is 369 g/mol. The van der Waals surface area contributed by atoms with E-state index in [1.165, 1.54) is 16.7 Å². The molecule has 0 bridgehead atoms. The van der Waals surface area contributed by atoms with Gasteiger partial charge in [-0.15, -0.1) is 0 Å². The Balaban J connectivity index is 2.01. The molecule has 27 heavy (non-hydrogen) atoms. The van der Waals surface area contributed by atoms with Crippen LogP contribution in [0.5, 0.6) is 17.2 Å². The molecule has 0 amide bonds. The number of aryl methyl sites for hydroxylation is 2. The van der Waals surface area contributed by atoms with Gasteiger partial charge in [0.25, 0.3) is 0 Å². The summed E-state index contributed by atoms with van der Waals surface area (Å²) in [6.07, 6.45) is 3.87. The topological polar surface area (TPSA) is 41.9 Å². The minimum absolute atomic E-state index is 0.205. The van der Waals surface area contributed by atoms with Gasteiger partial charge in [-0.25, -0.2) is 0 Å². The number of ether oxygens (including phenoxy) is 2. The second-order valence-electron chi connectivity index (χ2n) is 7.51. The zero-order valence-corrected chi connectivity index (χ0v) is 17.1. The van der Waals surface area contributed by atoms with Crippen molar-refractivity contribution in [3.05, 3.63) is 52.1 Å². The largest absolute Gasteiger partial charge is 0.508 e. The molecule has 1 aliphatic heterocycles. The Bertz CT molecular complexity index is 816. The summed E-state index contributed by atoms with van der Waals surface area (Å²) in [6, 6.07) is 8.52. The van der Waals surface area contributed by atoms with Crippen LogP contribution in [0.3, 0.4) is 0 Å². The average molecular weight is 370 g/mol. The molecule has 1 aliphatic rings. The van der Waals surface area contributed by atoms with Gasteiger partial charge < -0.3 is 14.6 Å². The van der Waals surface area contributed by atoms with E-state index in [2.05, 4.69) is 37.1 Å². The first-order chi connectivity index (χ1) is 13.0. The van der Waals surface area contributed by atoms with Crippen molar-refractivity contribution in [2.75, 3.05) is 27.8 Å². The third-order valence-electron chi connectivity index (χ3n) is 5.70. The molecule has 1 heterocycles. The summed E-state index contributed by atoms with van der Waals surface area (Å²) in [7, 11) is 5.61. The number of benzene rings is 2. The van der Waals surface area contributed by atoms with Gasteiger partial charge in [0.2, 0.25) is 0 Å². The van der Waals surface area contributed by atoms with E-state index < -0.39 is 0 Å². The van der Waals surface area contributed by atoms with Gasteiger partial charge in [0, 0.05) is 12.6 Å². The smallest absolute Gasteiger partial charge is 0.122 e. The van der Waals surface area contributed by atoms with E-state index in [9.17, 15) is 5.11 Å². The van der Waals surface area contributed by atoms with Crippen molar-refractivity contribution in [3.63, 3.8) is 0 Å². The number of phenols is 1. The fraction of sp³-hybridized carbons (Fsp3) is 0.478. The lowest BCUT2D eigenvalue weighted by atomic mass is 9.87. The average Bonchev–Trinajstić information content (AvgIpc) is 2.66. The molecule has 4 nitrogen and oxygen atoms in total. The van der Waals surface area contributed by atoms with Crippen molar-refractivity contribution >= 4 is 0 Å². The van der Waals surface area contributed by atoms with E-state index >= 15 is 0 Å². The summed E-state index contributed by atoms with van der Waals surface area (Å²) in [5.74, 6) is 2.21. The minimum atomic E-state index is 0.205. The van der Waals surface area contributed by atoms with Gasteiger partial charge in [0.1, 0.15) is 17.2 Å². The first-order valence-corrected chi connectivity index (χ1v) is 9.74. The molecule has 3 rings (SSSR count). The molecule has 146 valence electrons. The fourth-order valence-corrected chi connectivity index (χ4v) is 4.11. The zero-order chi connectivity index (χ0) is 19.6. The molecule has 0 saturated carbocycles. The van der Waals surface area contributed by atoms with E-state index in [-0.39, 0.29) is 6.04 Å². The van der Waals surface area contributed by atoms with Gasteiger partial charge in [0.15, 0.2) is 0 Å². The van der Waals surface area contributed by atoms with Gasteiger partial charge in [0.05, 0.1) is 14.2 Å². The molecule has 0 radical (unpaired) electrons. The predicted molar refractivity (Wildman–Crippen MR) is 109 cm³/mol. The van der Waals surface area contributed by atoms with Crippen LogP contribution >= 0.6 is 0 Å². The van der Waals surface area contributed by atoms with Crippen molar-refractivity contribution < 1.29 is 14.6 Å². The highest BCUT2D eigenvalue weighted by atomic mass is 16.5. The van der Waals surface area contributed by atoms with Gasteiger partial charge in [-0.05, 0) is 79.3 Å². The second-order valence-corrected chi connectivity index (χ2v) is 7.51. The van der Waals surface area contributed by atoms with Crippen LogP contribution in [0.15, 0.2) is 24.3 Å². The van der Waals surface area contributed by atoms with Crippen LogP contribution in [0.25, 0.3) is 0 Å². The molecule has 2 aromatic carbocycles. The van der Waals surface area contributed by atoms with Crippen LogP contribution in [0.4, 0.5) is 0 Å². The van der Waals surface area contributed by atoms with Crippen LogP contribution in [0.1, 0.15) is 47.2 Å². The fourth-order valence-electron chi connectivity index (χ4n) is 4.11. The predicted octanol–water partition coefficient (Wildman–Crippen LogP) is 4.44. The number of methoxy groups -OCH3 is 2. The van der Waals surface area contributed by atoms with Crippen LogP contribution in [0, 0.1) is 6.92 Å². The highest BCUT2D eigenvalue weighted by Crippen LogP contribution is 2.38. The maximum atomic E-state index is 10.3. The molecule has 0 aromatic heterocycles. The summed E-state index contributed by atoms with van der Waals surface area (Å²) < 4.78 is 11.4. The Hall–Kier alpha value is -2.20. The van der Waals surface area contributed by atoms with Gasteiger partial charge in [-0.2, -0.15) is 0 Å². The summed E-state index contributed by atoms with van der Waals surface area (Å²) in [6.45, 7) is 5.14. The van der Waals surface area contributed by atoms with Gasteiger partial charge in [-0.3, -0.25) is 4.90 Å². The normalized spacial score (nSPS) is 16.9. The lowest BCUT2D eigenvalue weighted by Gasteiger charge is -2.35. The summed E-state index contributed by atoms with van der Waals surface area (Å²) in [5, 5.41) is 10.3. The minimum Gasteiger partial charge on any atom is -0.508 e. The Kier molecular flexibility index (Phi) is 5.95. The van der Waals surface area contributed by atoms with Gasteiger partial charge >= 0.3 is 0 Å². The number of aromatic hydroxyl groups is 1. The van der Waals surface area contributed by atoms with E-state index in [1.54, 1.807) is 14.2 Å². The highest BCUT2D eigenvalue weighted by molar-refractivity contribution is 5.49. The molecule has 2 aromatic rings. The first kappa shape index (κ1) is 19.6. The summed E-state index contributed by atoms with van der Waals surface area (Å²) >= 11 is 0. The van der Waals surface area contributed by atoms with E-state index in [0.717, 1.165) is 54.9 Å². The Labute approximate surface area is 162 Å². The maximum absolute atomic E-state index is 10.3. The second kappa shape index (κ2) is 8.22. The molecule has 1 unspecified atom stereocenters. The Morgan fingerprint density at radius 3 is 2.41 bits per heavy atom. The Morgan fingerprint density at radius 1 is 1.07 bits per heavy atom. The standard InChI is InChI=1S/C23H31NO3/c1-6-7-17-12-23(27-5)18(13-22(17)26-4)11-20-19-14-21(25)15(2)10-16(19)8-9-24(20)3/h10,12-14,20,25H,6-9,11H2,1-5H3. The molecule has 1 N–H and O–H groups in total. The van der Waals surface area contributed by atoms with Crippen molar-refractivity contribution in [2.45, 2.75) is 45.6 Å². The molecule has 1 atom stereocenters. The zero-order valence-electron chi connectivity index (χ0n) is 17.1. The SMILES string of the molecule is CCCc1cc(OC)c(CC2c3cc(O)c(C)cc3CCN2C)cc1OC. The van der Waals surface area contributed by atoms with Crippen molar-refractivity contribution in [1.29, 1.82) is 0 Å². The number of likely N-dealkylation sites (N-methyl/N-ethyl adjacent to an activating group) is 1. The number of hydrogen-bond acceptors (Lipinski definition) is 4. The molecular formula is C23H31NO3. The summed E-state index contributed by atoms with van der Waals surface area (Å²) in [5.41, 5.74) is 5.82. The maximum Gasteiger partial charge on any atom is 0.122 e. The number of hydrogen-bond donors (Lipinski definition) is 1. The highest BCUT2D eigenvalue weighted by Gasteiger charge is 2.27. The molecule has 0 spiro atoms. The Morgan fingerprint density at radius 2 is 1.74 bits per heavy atom. The third kappa shape index (κ3) is 3.91. The van der Waals surface area contributed by atoms with Crippen molar-refractivity contribution in [2.24, 2.45) is 0 Å². The number of rotatable bonds is 6. The van der Waals surface area contributed by atoms with Crippen LogP contribution < -0.4 is 9.47 Å². The summed E-state index contributed by atoms with van der Waals surface area (Å²) in [4.78, 5) is 2.36. The first-order valence-electron chi connectivity index (χ1n) is 9.74. The van der Waals surface area contributed by atoms with Crippen LogP contribution in [-0.2, 0) is 19.3 Å². The quantitative estimate of drug-likeness (QED) is 0.817. The molecule has 0 saturated heterocycles. The lowest BCUT2D eigenvalue weighted by Crippen LogP contribution is -2.33. The van der Waals surface area contributed by atoms with E-state index in [0.29, 0.717) is 5.75 Å². The molecule has 4 heteroatoms. The third-order valence-corrected chi connectivity index (χ3v) is 5.70. The number of nitrogens with zero attached hydrogens (tertiary/aromatic N) is 1. The lowest BCUT2D eigenvalue weighted by molar-refractivity contribution is 0.227. The van der Waals surface area contributed by atoms with E-state index in [4.69, 9.17) is 9.47 Å². The molecule has 0 fully saturated rings. The van der Waals surface area contributed by atoms with E-state index in [1.807, 2.05) is 13.0 Å². The number of phenolic OH excluding ortho intramolecular Hbond substituents is 1. The van der Waals surface area contributed by atoms with Crippen LogP contribution in [0.2, 0.25) is 0 Å². The van der Waals surface area contributed by atoms with Crippen molar-refractivity contribution in [3.8, 4) is 17.2 Å². The molecule has 0 aliphatic carbocycles.